The lowest BCUT2D eigenvalue weighted by Gasteiger charge is -2.12. The van der Waals surface area contributed by atoms with Gasteiger partial charge in [-0.3, -0.25) is 0 Å². The van der Waals surface area contributed by atoms with Crippen LogP contribution in [0.3, 0.4) is 0 Å². The lowest BCUT2D eigenvalue weighted by Crippen LogP contribution is -1.99. The smallest absolute Gasteiger partial charge is 0.258 e. The summed E-state index contributed by atoms with van der Waals surface area (Å²) in [5, 5.41) is 4.11. The van der Waals surface area contributed by atoms with Crippen molar-refractivity contribution in [3.8, 4) is 34.3 Å². The Morgan fingerprint density at radius 2 is 1.62 bits per heavy atom. The van der Waals surface area contributed by atoms with Crippen LogP contribution in [0.15, 0.2) is 71.3 Å². The van der Waals surface area contributed by atoms with Gasteiger partial charge in [0, 0.05) is 11.1 Å². The van der Waals surface area contributed by atoms with Crippen LogP contribution in [0, 0.1) is 13.8 Å². The van der Waals surface area contributed by atoms with Gasteiger partial charge in [-0.05, 0) is 55.3 Å². The summed E-state index contributed by atoms with van der Waals surface area (Å²) < 4.78 is 16.9. The van der Waals surface area contributed by atoms with Crippen molar-refractivity contribution in [2.45, 2.75) is 20.5 Å². The second-order valence-electron chi connectivity index (χ2n) is 6.87. The van der Waals surface area contributed by atoms with Crippen molar-refractivity contribution in [1.29, 1.82) is 0 Å². The van der Waals surface area contributed by atoms with Crippen LogP contribution in [-0.4, -0.2) is 17.3 Å². The molecule has 4 aromatic rings. The standard InChI is InChI=1S/C24H22N2O3/c1-16-8-10-18(11-9-16)24-25-23(26-29-24)19-12-13-21(22(14-19)27-3)28-15-20-7-5-4-6-17(20)2/h4-14H,15H2,1-3H3. The van der Waals surface area contributed by atoms with Crippen LogP contribution in [0.5, 0.6) is 11.5 Å². The van der Waals surface area contributed by atoms with Crippen molar-refractivity contribution < 1.29 is 14.0 Å². The lowest BCUT2D eigenvalue weighted by atomic mass is 10.1. The molecule has 0 aliphatic carbocycles. The van der Waals surface area contributed by atoms with Crippen molar-refractivity contribution in [3.05, 3.63) is 83.4 Å². The number of aryl methyl sites for hydroxylation is 2. The highest BCUT2D eigenvalue weighted by atomic mass is 16.5. The molecule has 0 atom stereocenters. The molecule has 1 aromatic heterocycles. The highest BCUT2D eigenvalue weighted by Crippen LogP contribution is 2.33. The fraction of sp³-hybridized carbons (Fsp3) is 0.167. The first kappa shape index (κ1) is 18.7. The molecule has 0 aliphatic heterocycles. The maximum atomic E-state index is 5.98. The Morgan fingerprint density at radius 3 is 2.38 bits per heavy atom. The summed E-state index contributed by atoms with van der Waals surface area (Å²) >= 11 is 0. The molecule has 0 radical (unpaired) electrons. The molecule has 0 N–H and O–H groups in total. The molecule has 0 unspecified atom stereocenters. The maximum Gasteiger partial charge on any atom is 0.258 e. The van der Waals surface area contributed by atoms with E-state index in [1.807, 2.05) is 61.5 Å². The van der Waals surface area contributed by atoms with E-state index in [0.29, 0.717) is 29.8 Å². The summed E-state index contributed by atoms with van der Waals surface area (Å²) in [5.41, 5.74) is 5.20. The molecule has 0 fully saturated rings. The van der Waals surface area contributed by atoms with Crippen LogP contribution in [0.1, 0.15) is 16.7 Å². The minimum Gasteiger partial charge on any atom is -0.493 e. The van der Waals surface area contributed by atoms with Crippen molar-refractivity contribution in [2.75, 3.05) is 7.11 Å². The number of hydrogen-bond acceptors (Lipinski definition) is 5. The van der Waals surface area contributed by atoms with Gasteiger partial charge in [0.1, 0.15) is 6.61 Å². The second-order valence-corrected chi connectivity index (χ2v) is 6.87. The molecule has 4 rings (SSSR count). The van der Waals surface area contributed by atoms with Gasteiger partial charge >= 0.3 is 0 Å². The Kier molecular flexibility index (Phi) is 5.29. The number of hydrogen-bond donors (Lipinski definition) is 0. The number of aromatic nitrogens is 2. The van der Waals surface area contributed by atoms with Gasteiger partial charge in [0.05, 0.1) is 7.11 Å². The van der Waals surface area contributed by atoms with E-state index < -0.39 is 0 Å². The Morgan fingerprint density at radius 1 is 0.862 bits per heavy atom. The molecule has 0 amide bonds. The summed E-state index contributed by atoms with van der Waals surface area (Å²) in [6.45, 7) is 4.58. The molecule has 5 nitrogen and oxygen atoms in total. The van der Waals surface area contributed by atoms with Gasteiger partial charge in [-0.1, -0.05) is 47.1 Å². The van der Waals surface area contributed by atoms with E-state index in [9.17, 15) is 0 Å². The third-order valence-electron chi connectivity index (χ3n) is 4.79. The highest BCUT2D eigenvalue weighted by Gasteiger charge is 2.14. The molecule has 0 aliphatic rings. The average Bonchev–Trinajstić information content (AvgIpc) is 3.24. The Labute approximate surface area is 169 Å². The molecule has 1 heterocycles. The van der Waals surface area contributed by atoms with Crippen LogP contribution in [-0.2, 0) is 6.61 Å². The zero-order chi connectivity index (χ0) is 20.2. The van der Waals surface area contributed by atoms with Crippen LogP contribution in [0.25, 0.3) is 22.8 Å². The zero-order valence-electron chi connectivity index (χ0n) is 16.7. The monoisotopic (exact) mass is 386 g/mol. The molecule has 3 aromatic carbocycles. The van der Waals surface area contributed by atoms with E-state index in [0.717, 1.165) is 16.7 Å². The number of nitrogens with zero attached hydrogens (tertiary/aromatic N) is 2. The summed E-state index contributed by atoms with van der Waals surface area (Å²) in [6.07, 6.45) is 0. The van der Waals surface area contributed by atoms with Gasteiger partial charge < -0.3 is 14.0 Å². The van der Waals surface area contributed by atoms with Crippen LogP contribution >= 0.6 is 0 Å². The summed E-state index contributed by atoms with van der Waals surface area (Å²) in [5.74, 6) is 2.28. The normalized spacial score (nSPS) is 10.7. The van der Waals surface area contributed by atoms with Crippen molar-refractivity contribution >= 4 is 0 Å². The predicted octanol–water partition coefficient (Wildman–Crippen LogP) is 5.61. The first-order chi connectivity index (χ1) is 14.1. The lowest BCUT2D eigenvalue weighted by molar-refractivity contribution is 0.284. The summed E-state index contributed by atoms with van der Waals surface area (Å²) in [6, 6.07) is 21.8. The minimum absolute atomic E-state index is 0.474. The van der Waals surface area contributed by atoms with E-state index in [-0.39, 0.29) is 0 Å². The fourth-order valence-electron chi connectivity index (χ4n) is 3.01. The largest absolute Gasteiger partial charge is 0.493 e. The molecular formula is C24H22N2O3. The van der Waals surface area contributed by atoms with Gasteiger partial charge in [0.15, 0.2) is 11.5 Å². The Bertz CT molecular complexity index is 1120. The fourth-order valence-corrected chi connectivity index (χ4v) is 3.01. The number of ether oxygens (including phenoxy) is 2. The van der Waals surface area contributed by atoms with E-state index in [2.05, 4.69) is 29.2 Å². The summed E-state index contributed by atoms with van der Waals surface area (Å²) in [7, 11) is 1.62. The molecule has 0 spiro atoms. The zero-order valence-corrected chi connectivity index (χ0v) is 16.7. The Hall–Kier alpha value is -3.60. The molecule has 0 saturated heterocycles. The van der Waals surface area contributed by atoms with Crippen molar-refractivity contribution in [3.63, 3.8) is 0 Å². The maximum absolute atomic E-state index is 5.98. The molecule has 29 heavy (non-hydrogen) atoms. The topological polar surface area (TPSA) is 57.4 Å². The number of rotatable bonds is 6. The van der Waals surface area contributed by atoms with Gasteiger partial charge in [-0.2, -0.15) is 4.98 Å². The van der Waals surface area contributed by atoms with Crippen molar-refractivity contribution in [1.82, 2.24) is 10.1 Å². The third-order valence-corrected chi connectivity index (χ3v) is 4.79. The first-order valence-corrected chi connectivity index (χ1v) is 9.40. The van der Waals surface area contributed by atoms with Gasteiger partial charge in [0.2, 0.25) is 5.82 Å². The van der Waals surface area contributed by atoms with Gasteiger partial charge in [-0.25, -0.2) is 0 Å². The summed E-state index contributed by atoms with van der Waals surface area (Å²) in [4.78, 5) is 4.52. The van der Waals surface area contributed by atoms with E-state index in [4.69, 9.17) is 14.0 Å². The third kappa shape index (κ3) is 4.14. The van der Waals surface area contributed by atoms with Gasteiger partial charge in [-0.15, -0.1) is 0 Å². The average molecular weight is 386 g/mol. The van der Waals surface area contributed by atoms with Crippen LogP contribution < -0.4 is 9.47 Å². The molecular weight excluding hydrogens is 364 g/mol. The van der Waals surface area contributed by atoms with E-state index in [1.54, 1.807) is 7.11 Å². The molecule has 5 heteroatoms. The Balaban J connectivity index is 1.55. The highest BCUT2D eigenvalue weighted by molar-refractivity contribution is 5.63. The van der Waals surface area contributed by atoms with Crippen LogP contribution in [0.4, 0.5) is 0 Å². The quantitative estimate of drug-likeness (QED) is 0.431. The van der Waals surface area contributed by atoms with Gasteiger partial charge in [0.25, 0.3) is 5.89 Å². The number of methoxy groups -OCH3 is 1. The first-order valence-electron chi connectivity index (χ1n) is 9.40. The molecule has 0 bridgehead atoms. The van der Waals surface area contributed by atoms with Crippen molar-refractivity contribution in [2.24, 2.45) is 0 Å². The minimum atomic E-state index is 0.474. The number of benzene rings is 3. The second kappa shape index (κ2) is 8.19. The van der Waals surface area contributed by atoms with Crippen LogP contribution in [0.2, 0.25) is 0 Å². The molecule has 146 valence electrons. The SMILES string of the molecule is COc1cc(-c2noc(-c3ccc(C)cc3)n2)ccc1OCc1ccccc1C. The predicted molar refractivity (Wildman–Crippen MR) is 112 cm³/mol. The van der Waals surface area contributed by atoms with E-state index in [1.165, 1.54) is 11.1 Å². The molecule has 0 saturated carbocycles. The van der Waals surface area contributed by atoms with E-state index >= 15 is 0 Å².